The van der Waals surface area contributed by atoms with Gasteiger partial charge < -0.3 is 10.6 Å². The van der Waals surface area contributed by atoms with E-state index >= 15 is 0 Å². The molecule has 35 heavy (non-hydrogen) atoms. The first-order valence-corrected chi connectivity index (χ1v) is 11.7. The predicted molar refractivity (Wildman–Crippen MR) is 127 cm³/mol. The van der Waals surface area contributed by atoms with Gasteiger partial charge in [0.15, 0.2) is 0 Å². The van der Waals surface area contributed by atoms with Gasteiger partial charge in [0, 0.05) is 49.0 Å². The molecule has 0 unspecified atom stereocenters. The molecule has 0 amide bonds. The smallest absolute Gasteiger partial charge is 0.342 e. The van der Waals surface area contributed by atoms with E-state index in [4.69, 9.17) is 10.7 Å². The summed E-state index contributed by atoms with van der Waals surface area (Å²) in [6, 6.07) is 9.57. The van der Waals surface area contributed by atoms with Gasteiger partial charge in [0.05, 0.1) is 11.3 Å². The monoisotopic (exact) mass is 478 g/mol. The highest BCUT2D eigenvalue weighted by Gasteiger charge is 2.47. The molecular formula is C26H25F3N6. The van der Waals surface area contributed by atoms with Crippen molar-refractivity contribution in [2.24, 2.45) is 11.1 Å². The number of nitrogens with two attached hydrogens (primary N) is 1. The Morgan fingerprint density at radius 1 is 1.03 bits per heavy atom. The van der Waals surface area contributed by atoms with Gasteiger partial charge in [0.1, 0.15) is 5.65 Å². The quantitative estimate of drug-likeness (QED) is 0.441. The van der Waals surface area contributed by atoms with E-state index in [-0.39, 0.29) is 17.0 Å². The van der Waals surface area contributed by atoms with Crippen LogP contribution in [0.3, 0.4) is 0 Å². The SMILES string of the molecule is Cc1nc(N2CCC3(CC2)Cc2ncccc2[C@H]3N)n2ccnc2c1-c1ccccc1C(F)(F)F. The number of nitrogens with zero attached hydrogens (tertiary/aromatic N) is 5. The number of imidazole rings is 1. The van der Waals surface area contributed by atoms with E-state index in [1.807, 2.05) is 12.3 Å². The van der Waals surface area contributed by atoms with Crippen molar-refractivity contribution >= 4 is 11.6 Å². The maximum Gasteiger partial charge on any atom is 0.417 e. The van der Waals surface area contributed by atoms with Gasteiger partial charge in [0.2, 0.25) is 5.95 Å². The number of hydrogen-bond acceptors (Lipinski definition) is 5. The summed E-state index contributed by atoms with van der Waals surface area (Å²) in [5, 5.41) is 0. The van der Waals surface area contributed by atoms with Crippen LogP contribution in [0.25, 0.3) is 16.8 Å². The Morgan fingerprint density at radius 3 is 2.54 bits per heavy atom. The van der Waals surface area contributed by atoms with Crippen molar-refractivity contribution in [1.82, 2.24) is 19.4 Å². The van der Waals surface area contributed by atoms with E-state index < -0.39 is 11.7 Å². The van der Waals surface area contributed by atoms with Crippen LogP contribution in [-0.2, 0) is 12.6 Å². The Labute approximate surface area is 200 Å². The van der Waals surface area contributed by atoms with Gasteiger partial charge in [-0.2, -0.15) is 13.2 Å². The average Bonchev–Trinajstić information content (AvgIpc) is 3.42. The third kappa shape index (κ3) is 3.40. The summed E-state index contributed by atoms with van der Waals surface area (Å²) in [5.41, 5.74) is 9.69. The van der Waals surface area contributed by atoms with Crippen molar-refractivity contribution < 1.29 is 13.2 Å². The van der Waals surface area contributed by atoms with E-state index in [0.717, 1.165) is 49.7 Å². The van der Waals surface area contributed by atoms with Gasteiger partial charge in [-0.3, -0.25) is 9.38 Å². The summed E-state index contributed by atoms with van der Waals surface area (Å²) in [7, 11) is 0. The number of aromatic nitrogens is 4. The molecule has 2 aliphatic rings. The Morgan fingerprint density at radius 2 is 1.80 bits per heavy atom. The van der Waals surface area contributed by atoms with Gasteiger partial charge >= 0.3 is 6.18 Å². The van der Waals surface area contributed by atoms with Gasteiger partial charge in [-0.05, 0) is 54.9 Å². The Kier molecular flexibility index (Phi) is 4.90. The molecule has 3 aromatic heterocycles. The average molecular weight is 479 g/mol. The number of aryl methyl sites for hydroxylation is 1. The summed E-state index contributed by atoms with van der Waals surface area (Å²) in [6.07, 6.45) is 3.38. The van der Waals surface area contributed by atoms with Crippen LogP contribution in [0.2, 0.25) is 0 Å². The highest BCUT2D eigenvalue weighted by molar-refractivity contribution is 5.83. The lowest BCUT2D eigenvalue weighted by molar-refractivity contribution is -0.137. The van der Waals surface area contributed by atoms with Gasteiger partial charge in [-0.15, -0.1) is 0 Å². The summed E-state index contributed by atoms with van der Waals surface area (Å²) in [5.74, 6) is 0.695. The van der Waals surface area contributed by atoms with E-state index in [1.165, 1.54) is 12.1 Å². The molecule has 4 heterocycles. The lowest BCUT2D eigenvalue weighted by Crippen LogP contribution is -2.45. The largest absolute Gasteiger partial charge is 0.417 e. The third-order valence-electron chi connectivity index (χ3n) is 7.69. The summed E-state index contributed by atoms with van der Waals surface area (Å²) in [6.45, 7) is 3.25. The maximum absolute atomic E-state index is 13.8. The van der Waals surface area contributed by atoms with E-state index in [1.54, 1.807) is 29.8 Å². The second-order valence-corrected chi connectivity index (χ2v) is 9.58. The Balaban J connectivity index is 1.35. The van der Waals surface area contributed by atoms with Gasteiger partial charge in [-0.25, -0.2) is 9.97 Å². The number of pyridine rings is 1. The minimum atomic E-state index is -4.47. The lowest BCUT2D eigenvalue weighted by Gasteiger charge is -2.42. The standard InChI is InChI=1S/C26H25F3N6/c1-16-21(17-5-2-3-7-19(17)26(27,28)29)23-32-11-14-35(23)24(33-16)34-12-8-25(9-13-34)15-20-18(22(25)30)6-4-10-31-20/h2-7,10-11,14,22H,8-9,12-13,15,30H2,1H3/t22-/m1/s1. The number of piperidine rings is 1. The molecule has 1 aliphatic carbocycles. The number of fused-ring (bicyclic) bond motifs is 2. The Hall–Kier alpha value is -3.46. The minimum absolute atomic E-state index is 0.0259. The van der Waals surface area contributed by atoms with Crippen molar-refractivity contribution in [3.05, 3.63) is 77.5 Å². The van der Waals surface area contributed by atoms with Crippen molar-refractivity contribution in [1.29, 1.82) is 0 Å². The lowest BCUT2D eigenvalue weighted by atomic mass is 9.73. The van der Waals surface area contributed by atoms with Crippen LogP contribution in [0.1, 0.15) is 41.4 Å². The van der Waals surface area contributed by atoms with Crippen molar-refractivity contribution in [3.63, 3.8) is 0 Å². The van der Waals surface area contributed by atoms with Crippen molar-refractivity contribution in [2.75, 3.05) is 18.0 Å². The molecule has 1 fully saturated rings. The van der Waals surface area contributed by atoms with Crippen LogP contribution in [-0.4, -0.2) is 32.4 Å². The molecule has 4 aromatic rings. The summed E-state index contributed by atoms with van der Waals surface area (Å²) in [4.78, 5) is 16.0. The summed E-state index contributed by atoms with van der Waals surface area (Å²) >= 11 is 0. The maximum atomic E-state index is 13.8. The molecule has 1 saturated heterocycles. The minimum Gasteiger partial charge on any atom is -0.342 e. The number of hydrogen-bond donors (Lipinski definition) is 1. The fourth-order valence-electron chi connectivity index (χ4n) is 5.85. The molecule has 180 valence electrons. The first kappa shape index (κ1) is 22.0. The van der Waals surface area contributed by atoms with E-state index in [0.29, 0.717) is 22.9 Å². The molecule has 6 rings (SSSR count). The third-order valence-corrected chi connectivity index (χ3v) is 7.69. The fourth-order valence-corrected chi connectivity index (χ4v) is 5.85. The van der Waals surface area contributed by atoms with Gasteiger partial charge in [0.25, 0.3) is 0 Å². The summed E-state index contributed by atoms with van der Waals surface area (Å²) < 4.78 is 43.1. The number of anilines is 1. The molecule has 6 nitrogen and oxygen atoms in total. The van der Waals surface area contributed by atoms with Crippen LogP contribution in [0.4, 0.5) is 19.1 Å². The molecule has 9 heteroatoms. The van der Waals surface area contributed by atoms with Crippen molar-refractivity contribution in [3.8, 4) is 11.1 Å². The molecule has 1 atom stereocenters. The number of rotatable bonds is 2. The molecule has 1 aromatic carbocycles. The zero-order valence-corrected chi connectivity index (χ0v) is 19.3. The highest BCUT2D eigenvalue weighted by atomic mass is 19.4. The molecule has 1 spiro atoms. The van der Waals surface area contributed by atoms with E-state index in [9.17, 15) is 13.2 Å². The zero-order chi connectivity index (χ0) is 24.4. The van der Waals surface area contributed by atoms with Crippen molar-refractivity contribution in [2.45, 2.75) is 38.4 Å². The molecular weight excluding hydrogens is 453 g/mol. The topological polar surface area (TPSA) is 72.3 Å². The molecule has 1 aliphatic heterocycles. The zero-order valence-electron chi connectivity index (χ0n) is 19.3. The number of halogens is 3. The number of alkyl halides is 3. The normalized spacial score (nSPS) is 19.5. The molecule has 0 saturated carbocycles. The molecule has 0 radical (unpaired) electrons. The van der Waals surface area contributed by atoms with Crippen LogP contribution in [0.15, 0.2) is 55.0 Å². The first-order valence-electron chi connectivity index (χ1n) is 11.7. The van der Waals surface area contributed by atoms with Crippen LogP contribution >= 0.6 is 0 Å². The molecule has 0 bridgehead atoms. The first-order chi connectivity index (χ1) is 16.8. The fraction of sp³-hybridized carbons (Fsp3) is 0.346. The second kappa shape index (κ2) is 7.78. The molecule has 2 N–H and O–H groups in total. The Bertz CT molecular complexity index is 1420. The second-order valence-electron chi connectivity index (χ2n) is 9.58. The number of benzene rings is 1. The van der Waals surface area contributed by atoms with Gasteiger partial charge in [-0.1, -0.05) is 24.3 Å². The van der Waals surface area contributed by atoms with Crippen LogP contribution < -0.4 is 10.6 Å². The predicted octanol–water partition coefficient (Wildman–Crippen LogP) is 4.96. The van der Waals surface area contributed by atoms with Crippen LogP contribution in [0, 0.1) is 12.3 Å². The van der Waals surface area contributed by atoms with Crippen LogP contribution in [0.5, 0.6) is 0 Å². The van der Waals surface area contributed by atoms with E-state index in [2.05, 4.69) is 20.9 Å². The highest BCUT2D eigenvalue weighted by Crippen LogP contribution is 2.50.